The van der Waals surface area contributed by atoms with E-state index in [1.807, 2.05) is 18.2 Å². The number of para-hydroxylation sites is 1. The lowest BCUT2D eigenvalue weighted by Gasteiger charge is -2.10. The number of hydrogen-bond donors (Lipinski definition) is 1. The molecule has 0 aliphatic carbocycles. The normalized spacial score (nSPS) is 11.6. The van der Waals surface area contributed by atoms with Crippen LogP contribution in [0.1, 0.15) is 6.42 Å². The van der Waals surface area contributed by atoms with Crippen molar-refractivity contribution in [2.75, 3.05) is 13.7 Å². The van der Waals surface area contributed by atoms with Crippen LogP contribution < -0.4 is 4.74 Å². The van der Waals surface area contributed by atoms with E-state index >= 15 is 0 Å². The number of aliphatic carboxylic acids is 1. The van der Waals surface area contributed by atoms with Crippen molar-refractivity contribution in [3.05, 3.63) is 30.3 Å². The zero-order valence-electron chi connectivity index (χ0n) is 9.46. The third-order valence-electron chi connectivity index (χ3n) is 2.20. The second kappa shape index (κ2) is 6.52. The Morgan fingerprint density at radius 1 is 1.29 bits per heavy atom. The number of esters is 1. The largest absolute Gasteiger partial charge is 0.494 e. The Morgan fingerprint density at radius 3 is 2.47 bits per heavy atom. The molecule has 5 nitrogen and oxygen atoms in total. The van der Waals surface area contributed by atoms with Crippen LogP contribution >= 0.6 is 0 Å². The minimum atomic E-state index is -1.20. The van der Waals surface area contributed by atoms with E-state index in [1.165, 1.54) is 0 Å². The molecule has 92 valence electrons. The maximum absolute atomic E-state index is 11.1. The monoisotopic (exact) mass is 238 g/mol. The van der Waals surface area contributed by atoms with Crippen LogP contribution in [0, 0.1) is 5.92 Å². The van der Waals surface area contributed by atoms with E-state index < -0.39 is 17.9 Å². The topological polar surface area (TPSA) is 72.8 Å². The van der Waals surface area contributed by atoms with Crippen molar-refractivity contribution >= 4 is 11.9 Å². The smallest absolute Gasteiger partial charge is 0.320 e. The lowest BCUT2D eigenvalue weighted by Crippen LogP contribution is -2.26. The number of rotatable bonds is 6. The first-order valence-corrected chi connectivity index (χ1v) is 5.13. The van der Waals surface area contributed by atoms with Gasteiger partial charge in [-0.2, -0.15) is 0 Å². The van der Waals surface area contributed by atoms with Crippen molar-refractivity contribution in [3.63, 3.8) is 0 Å². The van der Waals surface area contributed by atoms with Gasteiger partial charge in [-0.05, 0) is 12.1 Å². The number of hydrogen-bond acceptors (Lipinski definition) is 4. The molecule has 1 aromatic rings. The number of carbonyl (C=O) groups excluding carboxylic acids is 1. The van der Waals surface area contributed by atoms with Gasteiger partial charge in [0, 0.05) is 6.42 Å². The molecule has 0 radical (unpaired) electrons. The van der Waals surface area contributed by atoms with E-state index in [9.17, 15) is 9.59 Å². The van der Waals surface area contributed by atoms with E-state index in [0.717, 1.165) is 7.11 Å². The zero-order valence-corrected chi connectivity index (χ0v) is 9.46. The predicted molar refractivity (Wildman–Crippen MR) is 59.7 cm³/mol. The maximum atomic E-state index is 11.1. The molecule has 1 N–H and O–H groups in total. The first-order valence-electron chi connectivity index (χ1n) is 5.13. The third-order valence-corrected chi connectivity index (χ3v) is 2.20. The van der Waals surface area contributed by atoms with Crippen LogP contribution in [0.3, 0.4) is 0 Å². The molecule has 0 aliphatic rings. The number of benzene rings is 1. The zero-order chi connectivity index (χ0) is 12.7. The summed E-state index contributed by atoms with van der Waals surface area (Å²) in [6, 6.07) is 8.98. The van der Waals surface area contributed by atoms with Gasteiger partial charge in [-0.25, -0.2) is 0 Å². The molecule has 0 spiro atoms. The van der Waals surface area contributed by atoms with E-state index in [0.29, 0.717) is 5.75 Å². The van der Waals surface area contributed by atoms with Crippen molar-refractivity contribution in [1.29, 1.82) is 0 Å². The molecule has 0 aromatic heterocycles. The van der Waals surface area contributed by atoms with Gasteiger partial charge in [0.1, 0.15) is 5.75 Å². The van der Waals surface area contributed by atoms with Gasteiger partial charge in [-0.15, -0.1) is 0 Å². The second-order valence-corrected chi connectivity index (χ2v) is 3.36. The maximum Gasteiger partial charge on any atom is 0.320 e. The Kier molecular flexibility index (Phi) is 5.00. The Labute approximate surface area is 99.0 Å². The van der Waals surface area contributed by atoms with Crippen molar-refractivity contribution in [1.82, 2.24) is 0 Å². The van der Waals surface area contributed by atoms with Gasteiger partial charge in [-0.1, -0.05) is 18.2 Å². The summed E-state index contributed by atoms with van der Waals surface area (Å²) in [5, 5.41) is 8.82. The van der Waals surface area contributed by atoms with E-state index in [2.05, 4.69) is 4.74 Å². The Balaban J connectivity index is 2.43. The molecule has 1 rings (SSSR count). The lowest BCUT2D eigenvalue weighted by molar-refractivity contribution is -0.157. The summed E-state index contributed by atoms with van der Waals surface area (Å²) in [6.07, 6.45) is 0.0803. The molecule has 0 saturated heterocycles. The van der Waals surface area contributed by atoms with Crippen LogP contribution in [0.2, 0.25) is 0 Å². The van der Waals surface area contributed by atoms with Gasteiger partial charge in [0.25, 0.3) is 0 Å². The van der Waals surface area contributed by atoms with Crippen LogP contribution in [-0.2, 0) is 14.3 Å². The standard InChI is InChI=1S/C12H14O5/c1-16-12(15)10(11(13)14)7-8-17-9-5-3-2-4-6-9/h2-6,10H,7-8H2,1H3,(H,13,14). The molecule has 1 atom stereocenters. The molecular formula is C12H14O5. The van der Waals surface area contributed by atoms with Gasteiger partial charge in [0.2, 0.25) is 0 Å². The molecule has 17 heavy (non-hydrogen) atoms. The first-order chi connectivity index (χ1) is 8.15. The molecule has 0 fully saturated rings. The fourth-order valence-corrected chi connectivity index (χ4v) is 1.30. The number of methoxy groups -OCH3 is 1. The highest BCUT2D eigenvalue weighted by atomic mass is 16.5. The Hall–Kier alpha value is -2.04. The molecule has 1 unspecified atom stereocenters. The summed E-state index contributed by atoms with van der Waals surface area (Å²) in [6.45, 7) is 0.149. The number of carboxylic acids is 1. The SMILES string of the molecule is COC(=O)C(CCOc1ccccc1)C(=O)O. The summed E-state index contributed by atoms with van der Waals surface area (Å²) in [7, 11) is 1.16. The van der Waals surface area contributed by atoms with Crippen molar-refractivity contribution < 1.29 is 24.2 Å². The minimum absolute atomic E-state index is 0.0803. The predicted octanol–water partition coefficient (Wildman–Crippen LogP) is 1.33. The highest BCUT2D eigenvalue weighted by Gasteiger charge is 2.26. The van der Waals surface area contributed by atoms with Crippen molar-refractivity contribution in [2.45, 2.75) is 6.42 Å². The van der Waals surface area contributed by atoms with Gasteiger partial charge < -0.3 is 14.6 Å². The molecule has 0 bridgehead atoms. The number of carbonyl (C=O) groups is 2. The second-order valence-electron chi connectivity index (χ2n) is 3.36. The summed E-state index contributed by atoms with van der Waals surface area (Å²) in [5.41, 5.74) is 0. The third kappa shape index (κ3) is 4.14. The fraction of sp³-hybridized carbons (Fsp3) is 0.333. The lowest BCUT2D eigenvalue weighted by atomic mass is 10.1. The summed E-state index contributed by atoms with van der Waals surface area (Å²) in [5.74, 6) is -2.49. The molecule has 0 aliphatic heterocycles. The van der Waals surface area contributed by atoms with Gasteiger partial charge in [0.05, 0.1) is 13.7 Å². The molecule has 5 heteroatoms. The van der Waals surface area contributed by atoms with E-state index in [1.54, 1.807) is 12.1 Å². The highest BCUT2D eigenvalue weighted by molar-refractivity contribution is 5.93. The van der Waals surface area contributed by atoms with Crippen LogP contribution in [0.4, 0.5) is 0 Å². The summed E-state index contributed by atoms with van der Waals surface area (Å²) < 4.78 is 9.71. The molecule has 1 aromatic carbocycles. The van der Waals surface area contributed by atoms with Gasteiger partial charge in [-0.3, -0.25) is 9.59 Å². The van der Waals surface area contributed by atoms with Gasteiger partial charge >= 0.3 is 11.9 Å². The van der Waals surface area contributed by atoms with Crippen LogP contribution in [0.25, 0.3) is 0 Å². The molecular weight excluding hydrogens is 224 g/mol. The highest BCUT2D eigenvalue weighted by Crippen LogP contribution is 2.11. The summed E-state index contributed by atoms with van der Waals surface area (Å²) in [4.78, 5) is 21.9. The Morgan fingerprint density at radius 2 is 1.94 bits per heavy atom. The minimum Gasteiger partial charge on any atom is -0.494 e. The van der Waals surface area contributed by atoms with Crippen LogP contribution in [0.15, 0.2) is 30.3 Å². The van der Waals surface area contributed by atoms with Crippen molar-refractivity contribution in [3.8, 4) is 5.75 Å². The molecule has 0 heterocycles. The average Bonchev–Trinajstić information content (AvgIpc) is 2.34. The number of carboxylic acid groups (broad SMARTS) is 1. The summed E-state index contributed by atoms with van der Waals surface area (Å²) >= 11 is 0. The first kappa shape index (κ1) is 13.0. The van der Waals surface area contributed by atoms with Gasteiger partial charge in [0.15, 0.2) is 5.92 Å². The molecule has 0 saturated carbocycles. The Bertz CT molecular complexity index is 374. The number of ether oxygens (including phenoxy) is 2. The molecule has 0 amide bonds. The van der Waals surface area contributed by atoms with E-state index in [4.69, 9.17) is 9.84 Å². The van der Waals surface area contributed by atoms with E-state index in [-0.39, 0.29) is 13.0 Å². The van der Waals surface area contributed by atoms with Crippen LogP contribution in [0.5, 0.6) is 5.75 Å². The average molecular weight is 238 g/mol. The fourth-order valence-electron chi connectivity index (χ4n) is 1.30. The van der Waals surface area contributed by atoms with Crippen molar-refractivity contribution in [2.24, 2.45) is 5.92 Å². The quantitative estimate of drug-likeness (QED) is 0.598. The van der Waals surface area contributed by atoms with Crippen LogP contribution in [-0.4, -0.2) is 30.8 Å².